The zero-order valence-electron chi connectivity index (χ0n) is 14.3. The summed E-state index contributed by atoms with van der Waals surface area (Å²) in [6.07, 6.45) is 6.65. The first-order valence-corrected chi connectivity index (χ1v) is 9.27. The molecule has 3 aromatic rings. The lowest BCUT2D eigenvalue weighted by Crippen LogP contribution is -2.16. The first-order valence-electron chi connectivity index (χ1n) is 8.90. The van der Waals surface area contributed by atoms with Gasteiger partial charge in [-0.25, -0.2) is 4.98 Å². The quantitative estimate of drug-likeness (QED) is 0.583. The lowest BCUT2D eigenvalue weighted by atomic mass is 9.88. The Labute approximate surface area is 148 Å². The van der Waals surface area contributed by atoms with E-state index < -0.39 is 0 Å². The minimum Gasteiger partial charge on any atom is -0.329 e. The van der Waals surface area contributed by atoms with E-state index in [0.717, 1.165) is 18.0 Å². The molecule has 0 spiro atoms. The van der Waals surface area contributed by atoms with Crippen LogP contribution < -0.4 is 0 Å². The highest BCUT2D eigenvalue weighted by atomic mass is 35.5. The summed E-state index contributed by atoms with van der Waals surface area (Å²) < 4.78 is 2.49. The molecule has 1 atom stereocenters. The topological polar surface area (TPSA) is 17.8 Å². The van der Waals surface area contributed by atoms with Crippen LogP contribution in [-0.2, 0) is 13.0 Å². The van der Waals surface area contributed by atoms with Crippen LogP contribution in [0.25, 0.3) is 11.0 Å². The Balaban J connectivity index is 1.93. The molecule has 0 N–H and O–H groups in total. The first kappa shape index (κ1) is 15.7. The number of hydrogen-bond acceptors (Lipinski definition) is 1. The van der Waals surface area contributed by atoms with E-state index in [2.05, 4.69) is 36.6 Å². The van der Waals surface area contributed by atoms with Gasteiger partial charge in [-0.15, -0.1) is 0 Å². The smallest absolute Gasteiger partial charge is 0.140 e. The van der Waals surface area contributed by atoms with Crippen LogP contribution in [0.15, 0.2) is 36.5 Å². The zero-order chi connectivity index (χ0) is 16.7. The Morgan fingerprint density at radius 3 is 2.75 bits per heavy atom. The van der Waals surface area contributed by atoms with Crippen LogP contribution in [0.2, 0.25) is 5.02 Å². The van der Waals surface area contributed by atoms with Gasteiger partial charge in [-0.3, -0.25) is 0 Å². The summed E-state index contributed by atoms with van der Waals surface area (Å²) in [6, 6.07) is 10.4. The normalized spacial score (nSPS) is 17.2. The third-order valence-electron chi connectivity index (χ3n) is 5.40. The van der Waals surface area contributed by atoms with E-state index in [1.54, 1.807) is 0 Å². The van der Waals surface area contributed by atoms with Crippen LogP contribution in [0.3, 0.4) is 0 Å². The molecular weight excluding hydrogens is 316 g/mol. The average Bonchev–Trinajstić information content (AvgIpc) is 2.92. The van der Waals surface area contributed by atoms with Crippen LogP contribution in [0.4, 0.5) is 0 Å². The summed E-state index contributed by atoms with van der Waals surface area (Å²) in [5.41, 5.74) is 6.83. The number of rotatable bonds is 3. The first-order chi connectivity index (χ1) is 11.7. The van der Waals surface area contributed by atoms with E-state index in [4.69, 9.17) is 16.6 Å². The van der Waals surface area contributed by atoms with E-state index in [1.807, 2.05) is 18.3 Å². The zero-order valence-corrected chi connectivity index (χ0v) is 15.1. The van der Waals surface area contributed by atoms with Gasteiger partial charge < -0.3 is 4.57 Å². The van der Waals surface area contributed by atoms with Gasteiger partial charge in [0.1, 0.15) is 5.65 Å². The van der Waals surface area contributed by atoms with Crippen molar-refractivity contribution >= 4 is 22.6 Å². The fraction of sp³-hybridized carbons (Fsp3) is 0.381. The largest absolute Gasteiger partial charge is 0.329 e. The molecule has 3 heterocycles. The van der Waals surface area contributed by atoms with Crippen molar-refractivity contribution in [2.75, 3.05) is 0 Å². The number of aryl methyl sites for hydroxylation is 2. The van der Waals surface area contributed by atoms with Crippen molar-refractivity contribution in [3.05, 3.63) is 63.9 Å². The molecule has 0 radical (unpaired) electrons. The Morgan fingerprint density at radius 2 is 2.00 bits per heavy atom. The van der Waals surface area contributed by atoms with E-state index >= 15 is 0 Å². The molecule has 1 aromatic carbocycles. The Kier molecular flexibility index (Phi) is 4.09. The van der Waals surface area contributed by atoms with Gasteiger partial charge in [0.25, 0.3) is 0 Å². The number of benzene rings is 1. The molecule has 1 aliphatic heterocycles. The molecule has 0 amide bonds. The molecule has 0 saturated heterocycles. The lowest BCUT2D eigenvalue weighted by Gasteiger charge is -2.25. The Hall–Kier alpha value is -1.80. The fourth-order valence-electron chi connectivity index (χ4n) is 4.24. The molecule has 0 bridgehead atoms. The highest BCUT2D eigenvalue weighted by Gasteiger charge is 2.27. The number of aromatic nitrogens is 2. The Morgan fingerprint density at radius 1 is 1.21 bits per heavy atom. The van der Waals surface area contributed by atoms with E-state index in [0.29, 0.717) is 5.92 Å². The number of hydrogen-bond donors (Lipinski definition) is 0. The molecule has 3 heteroatoms. The third kappa shape index (κ3) is 2.53. The highest BCUT2D eigenvalue weighted by molar-refractivity contribution is 6.30. The number of halogens is 1. The van der Waals surface area contributed by atoms with Gasteiger partial charge in [0, 0.05) is 28.8 Å². The van der Waals surface area contributed by atoms with Crippen LogP contribution in [-0.4, -0.2) is 9.55 Å². The summed E-state index contributed by atoms with van der Waals surface area (Å²) in [7, 11) is 0. The van der Waals surface area contributed by atoms with Crippen LogP contribution in [0, 0.1) is 6.92 Å². The molecular formula is C21H23ClN2. The van der Waals surface area contributed by atoms with Crippen molar-refractivity contribution in [3.63, 3.8) is 0 Å². The lowest BCUT2D eigenvalue weighted by molar-refractivity contribution is 0.449. The van der Waals surface area contributed by atoms with Crippen molar-refractivity contribution < 1.29 is 0 Å². The maximum atomic E-state index is 6.06. The van der Waals surface area contributed by atoms with Gasteiger partial charge in [0.15, 0.2) is 0 Å². The molecule has 2 nitrogen and oxygen atoms in total. The average molecular weight is 339 g/mol. The number of nitrogens with zero attached hydrogens (tertiary/aromatic N) is 2. The Bertz CT molecular complexity index is 877. The van der Waals surface area contributed by atoms with Crippen LogP contribution in [0.1, 0.15) is 54.5 Å². The molecule has 124 valence electrons. The molecule has 0 saturated carbocycles. The predicted octanol–water partition coefficient (Wildman–Crippen LogP) is 5.88. The third-order valence-corrected chi connectivity index (χ3v) is 5.66. The van der Waals surface area contributed by atoms with E-state index in [9.17, 15) is 0 Å². The van der Waals surface area contributed by atoms with Gasteiger partial charge in [0.2, 0.25) is 0 Å². The van der Waals surface area contributed by atoms with Gasteiger partial charge in [-0.1, -0.05) is 30.7 Å². The van der Waals surface area contributed by atoms with Crippen LogP contribution in [0.5, 0.6) is 0 Å². The van der Waals surface area contributed by atoms with Crippen LogP contribution >= 0.6 is 11.6 Å². The van der Waals surface area contributed by atoms with Gasteiger partial charge >= 0.3 is 0 Å². The van der Waals surface area contributed by atoms with Gasteiger partial charge in [-0.2, -0.15) is 0 Å². The SMILES string of the molecule is CCC1CCCn2c1c(Cc1ccc(Cl)cc1)c1c(C)ccnc12. The number of pyridine rings is 1. The highest BCUT2D eigenvalue weighted by Crippen LogP contribution is 2.40. The van der Waals surface area contributed by atoms with E-state index in [1.165, 1.54) is 52.7 Å². The fourth-order valence-corrected chi connectivity index (χ4v) is 4.36. The monoisotopic (exact) mass is 338 g/mol. The molecule has 1 unspecified atom stereocenters. The number of fused-ring (bicyclic) bond motifs is 3. The van der Waals surface area contributed by atoms with E-state index in [-0.39, 0.29) is 0 Å². The molecule has 1 aliphatic rings. The molecule has 24 heavy (non-hydrogen) atoms. The second kappa shape index (κ2) is 6.25. The van der Waals surface area contributed by atoms with Crippen molar-refractivity contribution in [2.24, 2.45) is 0 Å². The molecule has 2 aromatic heterocycles. The summed E-state index contributed by atoms with van der Waals surface area (Å²) in [5.74, 6) is 0.648. The second-order valence-corrected chi connectivity index (χ2v) is 7.33. The predicted molar refractivity (Wildman–Crippen MR) is 101 cm³/mol. The van der Waals surface area contributed by atoms with Gasteiger partial charge in [0.05, 0.1) is 0 Å². The molecule has 4 rings (SSSR count). The molecule has 0 fully saturated rings. The van der Waals surface area contributed by atoms with Gasteiger partial charge in [-0.05, 0) is 73.4 Å². The van der Waals surface area contributed by atoms with Crippen molar-refractivity contribution in [1.82, 2.24) is 9.55 Å². The minimum atomic E-state index is 0.648. The molecule has 0 aliphatic carbocycles. The van der Waals surface area contributed by atoms with Crippen molar-refractivity contribution in [1.29, 1.82) is 0 Å². The summed E-state index contributed by atoms with van der Waals surface area (Å²) >= 11 is 6.06. The second-order valence-electron chi connectivity index (χ2n) is 6.89. The maximum absolute atomic E-state index is 6.06. The maximum Gasteiger partial charge on any atom is 0.140 e. The minimum absolute atomic E-state index is 0.648. The van der Waals surface area contributed by atoms with Crippen molar-refractivity contribution in [3.8, 4) is 0 Å². The standard InChI is InChI=1S/C21H23ClN2/c1-3-16-5-4-12-24-20(16)18(13-15-6-8-17(22)9-7-15)19-14(2)10-11-23-21(19)24/h6-11,16H,3-5,12-13H2,1-2H3. The summed E-state index contributed by atoms with van der Waals surface area (Å²) in [5, 5.41) is 2.16. The summed E-state index contributed by atoms with van der Waals surface area (Å²) in [4.78, 5) is 4.74. The van der Waals surface area contributed by atoms with Crippen molar-refractivity contribution in [2.45, 2.75) is 52.0 Å². The summed E-state index contributed by atoms with van der Waals surface area (Å²) in [6.45, 7) is 5.62.